The lowest BCUT2D eigenvalue weighted by atomic mass is 9.96. The lowest BCUT2D eigenvalue weighted by Crippen LogP contribution is -2.38. The van der Waals surface area contributed by atoms with Crippen LogP contribution in [0.15, 0.2) is 54.6 Å². The highest BCUT2D eigenvalue weighted by Gasteiger charge is 2.14. The molecule has 138 valence electrons. The Hall–Kier alpha value is -2.82. The van der Waals surface area contributed by atoms with Crippen molar-refractivity contribution in [2.24, 2.45) is 0 Å². The van der Waals surface area contributed by atoms with Gasteiger partial charge in [0.05, 0.1) is 18.7 Å². The van der Waals surface area contributed by atoms with Crippen LogP contribution in [0.25, 0.3) is 0 Å². The number of hydrogen-bond acceptors (Lipinski definition) is 3. The molecule has 0 bridgehead atoms. The van der Waals surface area contributed by atoms with Crippen molar-refractivity contribution in [2.75, 3.05) is 19.7 Å². The SMILES string of the molecule is CCOc1ccccc1C(=O)NCC(=O)NCC(CC)c1ccccc1. The lowest BCUT2D eigenvalue weighted by Gasteiger charge is -2.16. The molecular formula is C21H26N2O3. The van der Waals surface area contributed by atoms with Crippen LogP contribution in [0.3, 0.4) is 0 Å². The quantitative estimate of drug-likeness (QED) is 0.727. The zero-order valence-electron chi connectivity index (χ0n) is 15.3. The van der Waals surface area contributed by atoms with Crippen LogP contribution in [0.2, 0.25) is 0 Å². The van der Waals surface area contributed by atoms with E-state index in [2.05, 4.69) is 29.7 Å². The van der Waals surface area contributed by atoms with E-state index in [1.165, 1.54) is 5.56 Å². The van der Waals surface area contributed by atoms with Crippen LogP contribution in [-0.2, 0) is 4.79 Å². The summed E-state index contributed by atoms with van der Waals surface area (Å²) in [4.78, 5) is 24.4. The second-order valence-corrected chi connectivity index (χ2v) is 5.93. The van der Waals surface area contributed by atoms with Crippen molar-refractivity contribution < 1.29 is 14.3 Å². The van der Waals surface area contributed by atoms with Crippen molar-refractivity contribution in [1.29, 1.82) is 0 Å². The molecule has 0 radical (unpaired) electrons. The topological polar surface area (TPSA) is 67.4 Å². The van der Waals surface area contributed by atoms with Crippen molar-refractivity contribution in [3.05, 3.63) is 65.7 Å². The molecule has 2 amide bonds. The van der Waals surface area contributed by atoms with E-state index in [1.807, 2.05) is 31.2 Å². The van der Waals surface area contributed by atoms with Gasteiger partial charge in [0.1, 0.15) is 5.75 Å². The zero-order chi connectivity index (χ0) is 18.8. The largest absolute Gasteiger partial charge is 0.493 e. The van der Waals surface area contributed by atoms with E-state index in [0.717, 1.165) is 6.42 Å². The number of carbonyl (C=O) groups is 2. The van der Waals surface area contributed by atoms with E-state index < -0.39 is 0 Å². The highest BCUT2D eigenvalue weighted by molar-refractivity contribution is 5.98. The Morgan fingerprint density at radius 2 is 1.65 bits per heavy atom. The molecule has 0 spiro atoms. The summed E-state index contributed by atoms with van der Waals surface area (Å²) >= 11 is 0. The van der Waals surface area contributed by atoms with Crippen molar-refractivity contribution in [3.63, 3.8) is 0 Å². The fourth-order valence-electron chi connectivity index (χ4n) is 2.71. The Bertz CT molecular complexity index is 716. The summed E-state index contributed by atoms with van der Waals surface area (Å²) in [5, 5.41) is 5.54. The number of ether oxygens (including phenoxy) is 1. The third kappa shape index (κ3) is 5.62. The third-order valence-corrected chi connectivity index (χ3v) is 4.15. The minimum Gasteiger partial charge on any atom is -0.493 e. The number of benzene rings is 2. The summed E-state index contributed by atoms with van der Waals surface area (Å²) in [6.45, 7) is 4.91. The second kappa shape index (κ2) is 10.2. The molecule has 0 saturated carbocycles. The Morgan fingerprint density at radius 3 is 2.35 bits per heavy atom. The second-order valence-electron chi connectivity index (χ2n) is 5.93. The van der Waals surface area contributed by atoms with E-state index in [9.17, 15) is 9.59 Å². The van der Waals surface area contributed by atoms with Crippen molar-refractivity contribution >= 4 is 11.8 Å². The van der Waals surface area contributed by atoms with Crippen LogP contribution in [0, 0.1) is 0 Å². The molecule has 0 heterocycles. The van der Waals surface area contributed by atoms with Gasteiger partial charge in [-0.25, -0.2) is 0 Å². The lowest BCUT2D eigenvalue weighted by molar-refractivity contribution is -0.120. The van der Waals surface area contributed by atoms with Crippen LogP contribution < -0.4 is 15.4 Å². The number of nitrogens with one attached hydrogen (secondary N) is 2. The first-order chi connectivity index (χ1) is 12.7. The number of para-hydroxylation sites is 1. The van der Waals surface area contributed by atoms with Crippen LogP contribution in [-0.4, -0.2) is 31.5 Å². The van der Waals surface area contributed by atoms with E-state index in [4.69, 9.17) is 4.74 Å². The van der Waals surface area contributed by atoms with Crippen molar-refractivity contribution in [3.8, 4) is 5.75 Å². The van der Waals surface area contributed by atoms with Crippen molar-refractivity contribution in [2.45, 2.75) is 26.2 Å². The van der Waals surface area contributed by atoms with Crippen LogP contribution >= 0.6 is 0 Å². The predicted molar refractivity (Wildman–Crippen MR) is 102 cm³/mol. The molecule has 0 fully saturated rings. The summed E-state index contributed by atoms with van der Waals surface area (Å²) in [5.74, 6) is 0.249. The minimum absolute atomic E-state index is 0.0650. The minimum atomic E-state index is -0.320. The van der Waals surface area contributed by atoms with Gasteiger partial charge in [0.2, 0.25) is 5.91 Å². The molecule has 1 unspecified atom stereocenters. The fraction of sp³-hybridized carbons (Fsp3) is 0.333. The highest BCUT2D eigenvalue weighted by Crippen LogP contribution is 2.18. The van der Waals surface area contributed by atoms with Crippen LogP contribution in [0.1, 0.15) is 42.1 Å². The van der Waals surface area contributed by atoms with Gasteiger partial charge in [-0.1, -0.05) is 49.4 Å². The molecule has 26 heavy (non-hydrogen) atoms. The van der Waals surface area contributed by atoms with E-state index in [0.29, 0.717) is 24.5 Å². The Kier molecular flexibility index (Phi) is 7.68. The molecule has 5 nitrogen and oxygen atoms in total. The summed E-state index contributed by atoms with van der Waals surface area (Å²) < 4.78 is 5.45. The molecule has 2 N–H and O–H groups in total. The predicted octanol–water partition coefficient (Wildman–Crippen LogP) is 3.13. The van der Waals surface area contributed by atoms with Gasteiger partial charge in [-0.3, -0.25) is 9.59 Å². The average Bonchev–Trinajstić information content (AvgIpc) is 2.68. The van der Waals surface area contributed by atoms with Crippen molar-refractivity contribution in [1.82, 2.24) is 10.6 Å². The van der Waals surface area contributed by atoms with E-state index >= 15 is 0 Å². The molecule has 2 aromatic carbocycles. The number of carbonyl (C=O) groups excluding carboxylic acids is 2. The fourth-order valence-corrected chi connectivity index (χ4v) is 2.71. The molecule has 1 atom stereocenters. The maximum Gasteiger partial charge on any atom is 0.255 e. The van der Waals surface area contributed by atoms with Gasteiger partial charge >= 0.3 is 0 Å². The number of rotatable bonds is 9. The average molecular weight is 354 g/mol. The highest BCUT2D eigenvalue weighted by atomic mass is 16.5. The van der Waals surface area contributed by atoms with E-state index in [-0.39, 0.29) is 24.3 Å². The summed E-state index contributed by atoms with van der Waals surface area (Å²) in [6.07, 6.45) is 0.929. The first kappa shape index (κ1) is 19.5. The molecule has 0 aliphatic rings. The van der Waals surface area contributed by atoms with Gasteiger partial charge in [-0.05, 0) is 31.0 Å². The van der Waals surface area contributed by atoms with Crippen LogP contribution in [0.5, 0.6) is 5.75 Å². The molecule has 0 aromatic heterocycles. The molecule has 0 saturated heterocycles. The maximum atomic E-state index is 12.3. The first-order valence-corrected chi connectivity index (χ1v) is 8.97. The van der Waals surface area contributed by atoms with Gasteiger partial charge < -0.3 is 15.4 Å². The Balaban J connectivity index is 1.84. The smallest absolute Gasteiger partial charge is 0.255 e. The van der Waals surface area contributed by atoms with Gasteiger partial charge in [0.15, 0.2) is 0 Å². The molecule has 0 aliphatic carbocycles. The Labute approximate surface area is 154 Å². The standard InChI is InChI=1S/C21H26N2O3/c1-3-16(17-10-6-5-7-11-17)14-22-20(24)15-23-21(25)18-12-8-9-13-19(18)26-4-2/h5-13,16H,3-4,14-15H2,1-2H3,(H,22,24)(H,23,25). The van der Waals surface area contributed by atoms with Gasteiger partial charge in [-0.2, -0.15) is 0 Å². The molecule has 2 rings (SSSR count). The van der Waals surface area contributed by atoms with Gasteiger partial charge in [0.25, 0.3) is 5.91 Å². The number of amides is 2. The number of hydrogen-bond donors (Lipinski definition) is 2. The molecule has 5 heteroatoms. The third-order valence-electron chi connectivity index (χ3n) is 4.15. The van der Waals surface area contributed by atoms with Gasteiger partial charge in [0, 0.05) is 12.5 Å². The van der Waals surface area contributed by atoms with Gasteiger partial charge in [-0.15, -0.1) is 0 Å². The first-order valence-electron chi connectivity index (χ1n) is 8.97. The van der Waals surface area contributed by atoms with Crippen LogP contribution in [0.4, 0.5) is 0 Å². The monoisotopic (exact) mass is 354 g/mol. The Morgan fingerprint density at radius 1 is 0.962 bits per heavy atom. The summed E-state index contributed by atoms with van der Waals surface area (Å²) in [5.41, 5.74) is 1.63. The molecular weight excluding hydrogens is 328 g/mol. The molecule has 2 aromatic rings. The van der Waals surface area contributed by atoms with E-state index in [1.54, 1.807) is 18.2 Å². The summed E-state index contributed by atoms with van der Waals surface area (Å²) in [6, 6.07) is 17.1. The maximum absolute atomic E-state index is 12.3. The molecule has 0 aliphatic heterocycles. The normalized spacial score (nSPS) is 11.5. The summed E-state index contributed by atoms with van der Waals surface area (Å²) in [7, 11) is 0. The zero-order valence-corrected chi connectivity index (χ0v) is 15.3.